The molecule has 20 heavy (non-hydrogen) atoms. The van der Waals surface area contributed by atoms with Crippen molar-refractivity contribution in [3.63, 3.8) is 0 Å². The molecule has 0 saturated carbocycles. The number of imidazole rings is 1. The maximum atomic E-state index is 10.0. The van der Waals surface area contributed by atoms with E-state index in [0.717, 1.165) is 0 Å². The van der Waals surface area contributed by atoms with Crippen LogP contribution in [0.4, 0.5) is 0 Å². The number of rotatable bonds is 2. The second-order valence-corrected chi connectivity index (χ2v) is 5.10. The molecule has 1 aliphatic heterocycles. The van der Waals surface area contributed by atoms with Crippen molar-refractivity contribution in [1.29, 1.82) is 0 Å². The Balaban J connectivity index is 2.08. The van der Waals surface area contributed by atoms with Crippen molar-refractivity contribution in [2.45, 2.75) is 24.5 Å². The molecule has 0 amide bonds. The molecule has 9 heteroatoms. The Morgan fingerprint density at radius 3 is 2.70 bits per heavy atom. The zero-order chi connectivity index (χ0) is 14.4. The molecule has 1 aliphatic rings. The number of ether oxygens (including phenoxy) is 1. The summed E-state index contributed by atoms with van der Waals surface area (Å²) in [5, 5.41) is 28.9. The molecular weight excluding hydrogens is 284 g/mol. The molecule has 0 aliphatic carbocycles. The average molecular weight is 298 g/mol. The number of aliphatic hydroxyl groups is 3. The number of aliphatic hydroxyl groups excluding tert-OH is 3. The van der Waals surface area contributed by atoms with E-state index < -0.39 is 24.5 Å². The maximum absolute atomic E-state index is 10.0. The average Bonchev–Trinajstić information content (AvgIpc) is 2.98. The molecule has 2 aromatic rings. The summed E-state index contributed by atoms with van der Waals surface area (Å²) < 4.78 is 9.13. The van der Waals surface area contributed by atoms with Crippen molar-refractivity contribution in [2.75, 3.05) is 6.61 Å². The normalized spacial score (nSPS) is 30.2. The van der Waals surface area contributed by atoms with Crippen LogP contribution in [0.1, 0.15) is 6.23 Å². The molecule has 8 nitrogen and oxygen atoms in total. The summed E-state index contributed by atoms with van der Waals surface area (Å²) in [5.41, 5.74) is 0.977. The number of aromatic nitrogens is 4. The second-order valence-electron chi connectivity index (χ2n) is 4.71. The van der Waals surface area contributed by atoms with Crippen LogP contribution >= 0.6 is 12.2 Å². The van der Waals surface area contributed by atoms with Crippen LogP contribution in [0.5, 0.6) is 0 Å². The minimum atomic E-state index is -1.17. The molecule has 0 bridgehead atoms. The molecule has 2 aromatic heterocycles. The molecule has 108 valence electrons. The third-order valence-electron chi connectivity index (χ3n) is 3.44. The van der Waals surface area contributed by atoms with E-state index in [0.29, 0.717) is 15.8 Å². The summed E-state index contributed by atoms with van der Waals surface area (Å²) in [7, 11) is 1.76. The lowest BCUT2D eigenvalue weighted by Gasteiger charge is -2.16. The van der Waals surface area contributed by atoms with Gasteiger partial charge >= 0.3 is 0 Å². The topological polar surface area (TPSA) is 106 Å². The molecule has 0 aromatic carbocycles. The van der Waals surface area contributed by atoms with Crippen molar-refractivity contribution in [3.8, 4) is 0 Å². The van der Waals surface area contributed by atoms with Gasteiger partial charge in [-0.3, -0.25) is 4.57 Å². The van der Waals surface area contributed by atoms with Crippen molar-refractivity contribution in [2.24, 2.45) is 7.05 Å². The van der Waals surface area contributed by atoms with Crippen LogP contribution in [0.25, 0.3) is 11.2 Å². The standard InChI is InChI=1S/C11H14N4O4S/c1-14-3-13-9-6(11(14)20)12-4-15(9)10-8(18)7(17)5(2-16)19-10/h3-5,7-8,10,16-18H,2H2,1H3/t5-,7-,8-,10?/m0/s1. The maximum Gasteiger partial charge on any atom is 0.166 e. The predicted octanol–water partition coefficient (Wildman–Crippen LogP) is -0.889. The van der Waals surface area contributed by atoms with Crippen LogP contribution in [0.3, 0.4) is 0 Å². The van der Waals surface area contributed by atoms with Gasteiger partial charge in [0.1, 0.15) is 28.5 Å². The van der Waals surface area contributed by atoms with Crippen LogP contribution in [0.2, 0.25) is 0 Å². The molecule has 1 saturated heterocycles. The Labute approximate surface area is 118 Å². The highest BCUT2D eigenvalue weighted by atomic mass is 32.1. The second kappa shape index (κ2) is 4.86. The number of fused-ring (bicyclic) bond motifs is 1. The predicted molar refractivity (Wildman–Crippen MR) is 70.3 cm³/mol. The Bertz CT molecular complexity index is 699. The lowest BCUT2D eigenvalue weighted by atomic mass is 10.1. The van der Waals surface area contributed by atoms with Gasteiger partial charge in [-0.25, -0.2) is 9.97 Å². The van der Waals surface area contributed by atoms with Crippen molar-refractivity contribution < 1.29 is 20.1 Å². The van der Waals surface area contributed by atoms with E-state index in [2.05, 4.69) is 9.97 Å². The highest BCUT2D eigenvalue weighted by Crippen LogP contribution is 2.31. The Kier molecular flexibility index (Phi) is 3.30. The van der Waals surface area contributed by atoms with E-state index in [4.69, 9.17) is 22.1 Å². The SMILES string of the molecule is Cn1cnc2c(ncn2C2O[C@@H](CO)[C@H](O)[C@@H]2O)c1=S. The molecule has 0 radical (unpaired) electrons. The zero-order valence-electron chi connectivity index (χ0n) is 10.6. The van der Waals surface area contributed by atoms with E-state index in [1.54, 1.807) is 17.9 Å². The summed E-state index contributed by atoms with van der Waals surface area (Å²) in [4.78, 5) is 8.39. The van der Waals surface area contributed by atoms with Gasteiger partial charge in [0, 0.05) is 7.05 Å². The lowest BCUT2D eigenvalue weighted by Crippen LogP contribution is -2.33. The third kappa shape index (κ3) is 1.86. The van der Waals surface area contributed by atoms with Gasteiger partial charge in [0.05, 0.1) is 19.3 Å². The van der Waals surface area contributed by atoms with Crippen LogP contribution in [-0.4, -0.2) is 59.3 Å². The van der Waals surface area contributed by atoms with Crippen LogP contribution in [0.15, 0.2) is 12.7 Å². The summed E-state index contributed by atoms with van der Waals surface area (Å²) in [6, 6.07) is 0. The van der Waals surface area contributed by atoms with Crippen molar-refractivity contribution >= 4 is 23.4 Å². The fraction of sp³-hybridized carbons (Fsp3) is 0.545. The Morgan fingerprint density at radius 2 is 2.05 bits per heavy atom. The fourth-order valence-corrected chi connectivity index (χ4v) is 2.48. The molecule has 1 fully saturated rings. The van der Waals surface area contributed by atoms with Crippen molar-refractivity contribution in [1.82, 2.24) is 19.1 Å². The van der Waals surface area contributed by atoms with Gasteiger partial charge in [0.15, 0.2) is 11.9 Å². The lowest BCUT2D eigenvalue weighted by molar-refractivity contribution is -0.0511. The summed E-state index contributed by atoms with van der Waals surface area (Å²) in [5.74, 6) is 0. The summed E-state index contributed by atoms with van der Waals surface area (Å²) in [6.45, 7) is -0.379. The number of hydrogen-bond donors (Lipinski definition) is 3. The first kappa shape index (κ1) is 13.6. The summed E-state index contributed by atoms with van der Waals surface area (Å²) >= 11 is 5.24. The third-order valence-corrected chi connectivity index (χ3v) is 3.92. The first-order chi connectivity index (χ1) is 9.54. The van der Waals surface area contributed by atoms with Crippen LogP contribution < -0.4 is 0 Å². The van der Waals surface area contributed by atoms with Gasteiger partial charge in [-0.1, -0.05) is 12.2 Å². The number of aryl methyl sites for hydroxylation is 1. The summed E-state index contributed by atoms with van der Waals surface area (Å²) in [6.07, 6.45) is -1.03. The minimum absolute atomic E-state index is 0.379. The smallest absolute Gasteiger partial charge is 0.166 e. The molecule has 3 heterocycles. The van der Waals surface area contributed by atoms with Crippen LogP contribution in [0, 0.1) is 4.64 Å². The van der Waals surface area contributed by atoms with E-state index >= 15 is 0 Å². The highest BCUT2D eigenvalue weighted by molar-refractivity contribution is 7.71. The molecule has 4 atom stereocenters. The van der Waals surface area contributed by atoms with E-state index in [1.807, 2.05) is 0 Å². The van der Waals surface area contributed by atoms with Crippen LogP contribution in [-0.2, 0) is 11.8 Å². The quantitative estimate of drug-likeness (QED) is 0.618. The van der Waals surface area contributed by atoms with Crippen molar-refractivity contribution in [3.05, 3.63) is 17.3 Å². The number of nitrogens with zero attached hydrogens (tertiary/aromatic N) is 4. The highest BCUT2D eigenvalue weighted by Gasteiger charge is 2.43. The van der Waals surface area contributed by atoms with Gasteiger partial charge in [-0.15, -0.1) is 0 Å². The van der Waals surface area contributed by atoms with E-state index in [1.165, 1.54) is 10.9 Å². The van der Waals surface area contributed by atoms with Gasteiger partial charge in [0.2, 0.25) is 0 Å². The van der Waals surface area contributed by atoms with E-state index in [-0.39, 0.29) is 6.61 Å². The molecule has 0 spiro atoms. The largest absolute Gasteiger partial charge is 0.394 e. The van der Waals surface area contributed by atoms with Gasteiger partial charge in [-0.05, 0) is 0 Å². The van der Waals surface area contributed by atoms with Gasteiger partial charge in [0.25, 0.3) is 0 Å². The molecule has 3 N–H and O–H groups in total. The molecule has 1 unspecified atom stereocenters. The first-order valence-corrected chi connectivity index (χ1v) is 6.46. The number of hydrogen-bond acceptors (Lipinski definition) is 7. The van der Waals surface area contributed by atoms with E-state index in [9.17, 15) is 10.2 Å². The molecular formula is C11H14N4O4S. The zero-order valence-corrected chi connectivity index (χ0v) is 11.4. The Morgan fingerprint density at radius 1 is 1.30 bits per heavy atom. The first-order valence-electron chi connectivity index (χ1n) is 6.05. The monoisotopic (exact) mass is 298 g/mol. The Hall–Kier alpha value is -1.39. The van der Waals surface area contributed by atoms with Gasteiger partial charge in [-0.2, -0.15) is 0 Å². The minimum Gasteiger partial charge on any atom is -0.394 e. The van der Waals surface area contributed by atoms with Gasteiger partial charge < -0.3 is 24.6 Å². The fourth-order valence-electron chi connectivity index (χ4n) is 2.29. The molecule has 3 rings (SSSR count).